The first-order valence-corrected chi connectivity index (χ1v) is 12.4. The van der Waals surface area contributed by atoms with Gasteiger partial charge in [0.2, 0.25) is 17.8 Å². The van der Waals surface area contributed by atoms with Crippen LogP contribution in [0, 0.1) is 0 Å². The Kier molecular flexibility index (Phi) is 7.62. The number of anilines is 1. The maximum Gasteiger partial charge on any atom is 0.248 e. The third kappa shape index (κ3) is 5.44. The molecular weight excluding hydrogens is 464 g/mol. The Balaban J connectivity index is 1.72. The molecule has 0 spiro atoms. The van der Waals surface area contributed by atoms with Gasteiger partial charge >= 0.3 is 0 Å². The summed E-state index contributed by atoms with van der Waals surface area (Å²) in [4.78, 5) is 35.6. The number of nitrogens with zero attached hydrogens (tertiary/aromatic N) is 5. The third-order valence-corrected chi connectivity index (χ3v) is 6.79. The summed E-state index contributed by atoms with van der Waals surface area (Å²) in [7, 11) is 3.95. The topological polar surface area (TPSA) is 87.7 Å². The molecule has 2 aromatic rings. The maximum absolute atomic E-state index is 13.0. The summed E-state index contributed by atoms with van der Waals surface area (Å²) in [5.74, 6) is 0.305. The molecule has 1 saturated heterocycles. The first kappa shape index (κ1) is 25.0. The zero-order valence-corrected chi connectivity index (χ0v) is 21.3. The number of imidazole rings is 1. The number of hydrogen-bond acceptors (Lipinski definition) is 5. The number of primary amides is 1. The zero-order chi connectivity index (χ0) is 25.1. The fraction of sp³-hybridized carbons (Fsp3) is 0.423. The van der Waals surface area contributed by atoms with Crippen LogP contribution in [0.15, 0.2) is 54.3 Å². The molecule has 2 N–H and O–H groups in total. The van der Waals surface area contributed by atoms with Crippen LogP contribution in [0.5, 0.6) is 0 Å². The molecule has 4 rings (SSSR count). The minimum absolute atomic E-state index is 0.00529. The van der Waals surface area contributed by atoms with E-state index in [2.05, 4.69) is 4.57 Å². The highest BCUT2D eigenvalue weighted by molar-refractivity contribution is 6.35. The van der Waals surface area contributed by atoms with Gasteiger partial charge in [0, 0.05) is 37.5 Å². The molecule has 3 heterocycles. The third-order valence-electron chi connectivity index (χ3n) is 6.49. The molecule has 186 valence electrons. The summed E-state index contributed by atoms with van der Waals surface area (Å²) in [6, 6.07) is 5.59. The van der Waals surface area contributed by atoms with Crippen LogP contribution >= 0.6 is 11.6 Å². The lowest BCUT2D eigenvalue weighted by atomic mass is 10.1. The second-order valence-corrected chi connectivity index (χ2v) is 9.84. The van der Waals surface area contributed by atoms with E-state index in [1.54, 1.807) is 12.2 Å². The Hall–Kier alpha value is -3.10. The lowest BCUT2D eigenvalue weighted by molar-refractivity contribution is -0.126. The number of rotatable bonds is 6. The number of hydrogen-bond donors (Lipinski definition) is 1. The van der Waals surface area contributed by atoms with E-state index in [0.717, 1.165) is 49.3 Å². The van der Waals surface area contributed by atoms with Gasteiger partial charge in [-0.25, -0.2) is 4.98 Å². The highest BCUT2D eigenvalue weighted by atomic mass is 35.5. The number of likely N-dealkylation sites (tertiary alicyclic amines) is 1. The average molecular weight is 497 g/mol. The van der Waals surface area contributed by atoms with Crippen LogP contribution in [0.2, 0.25) is 5.02 Å². The van der Waals surface area contributed by atoms with Crippen molar-refractivity contribution < 1.29 is 9.59 Å². The Labute approximate surface area is 211 Å². The molecule has 9 heteroatoms. The fourth-order valence-electron chi connectivity index (χ4n) is 4.73. The smallest absolute Gasteiger partial charge is 0.248 e. The van der Waals surface area contributed by atoms with Crippen LogP contribution in [0.4, 0.5) is 5.95 Å². The zero-order valence-electron chi connectivity index (χ0n) is 20.5. The molecule has 0 bridgehead atoms. The lowest BCUT2D eigenvalue weighted by Gasteiger charge is -2.32. The number of amides is 2. The lowest BCUT2D eigenvalue weighted by Crippen LogP contribution is -2.37. The second kappa shape index (κ2) is 10.7. The molecule has 1 fully saturated rings. The predicted molar refractivity (Wildman–Crippen MR) is 140 cm³/mol. The first-order valence-electron chi connectivity index (χ1n) is 12.0. The summed E-state index contributed by atoms with van der Waals surface area (Å²) >= 11 is 6.71. The maximum atomic E-state index is 13.0. The first-order chi connectivity index (χ1) is 16.8. The van der Waals surface area contributed by atoms with Crippen molar-refractivity contribution in [1.82, 2.24) is 19.4 Å². The molecule has 2 aliphatic heterocycles. The van der Waals surface area contributed by atoms with Crippen molar-refractivity contribution in [3.63, 3.8) is 0 Å². The molecule has 1 aromatic heterocycles. The van der Waals surface area contributed by atoms with E-state index in [9.17, 15) is 9.59 Å². The quantitative estimate of drug-likeness (QED) is 0.618. The Bertz CT molecular complexity index is 1200. The number of nitrogens with two attached hydrogens (primary N) is 1. The van der Waals surface area contributed by atoms with Crippen LogP contribution in [-0.4, -0.2) is 70.9 Å². The van der Waals surface area contributed by atoms with Gasteiger partial charge in [-0.15, -0.1) is 0 Å². The summed E-state index contributed by atoms with van der Waals surface area (Å²) in [6.07, 6.45) is 11.8. The van der Waals surface area contributed by atoms with E-state index in [0.29, 0.717) is 17.1 Å². The van der Waals surface area contributed by atoms with Gasteiger partial charge in [-0.3, -0.25) is 9.59 Å². The monoisotopic (exact) mass is 496 g/mol. The number of halogens is 1. The van der Waals surface area contributed by atoms with Crippen LogP contribution < -0.4 is 10.6 Å². The van der Waals surface area contributed by atoms with Crippen molar-refractivity contribution in [2.45, 2.75) is 38.3 Å². The molecule has 8 nitrogen and oxygen atoms in total. The molecule has 0 saturated carbocycles. The normalized spacial score (nSPS) is 21.1. The van der Waals surface area contributed by atoms with E-state index in [4.69, 9.17) is 22.3 Å². The van der Waals surface area contributed by atoms with E-state index in [1.807, 2.05) is 72.3 Å². The van der Waals surface area contributed by atoms with Gasteiger partial charge in [-0.2, -0.15) is 0 Å². The SMILES string of the molecule is CC1C=C(C(N)=O)C=CN1c1nc2cccc(Cl)c2n1C1CCCCN(C(=O)C=CCN(C)C)C1. The second-order valence-electron chi connectivity index (χ2n) is 9.44. The number of carbonyl (C=O) groups excluding carboxylic acids is 2. The fourth-order valence-corrected chi connectivity index (χ4v) is 4.99. The molecule has 35 heavy (non-hydrogen) atoms. The highest BCUT2D eigenvalue weighted by Crippen LogP contribution is 2.36. The summed E-state index contributed by atoms with van der Waals surface area (Å²) in [6.45, 7) is 4.01. The number of para-hydroxylation sites is 1. The van der Waals surface area contributed by atoms with E-state index < -0.39 is 5.91 Å². The molecule has 0 radical (unpaired) electrons. The highest BCUT2D eigenvalue weighted by Gasteiger charge is 2.30. The molecule has 2 unspecified atom stereocenters. The number of fused-ring (bicyclic) bond motifs is 1. The van der Waals surface area contributed by atoms with Crippen LogP contribution in [0.3, 0.4) is 0 Å². The van der Waals surface area contributed by atoms with Crippen molar-refractivity contribution in [3.8, 4) is 0 Å². The van der Waals surface area contributed by atoms with E-state index in [-0.39, 0.29) is 18.0 Å². The summed E-state index contributed by atoms with van der Waals surface area (Å²) in [5, 5.41) is 0.622. The minimum Gasteiger partial charge on any atom is -0.366 e. The minimum atomic E-state index is -0.454. The number of benzene rings is 1. The van der Waals surface area contributed by atoms with Gasteiger partial charge in [0.05, 0.1) is 28.1 Å². The van der Waals surface area contributed by atoms with E-state index in [1.165, 1.54) is 0 Å². The summed E-state index contributed by atoms with van der Waals surface area (Å²) in [5.41, 5.74) is 7.62. The van der Waals surface area contributed by atoms with Gasteiger partial charge in [0.1, 0.15) is 0 Å². The number of carbonyl (C=O) groups is 2. The largest absolute Gasteiger partial charge is 0.366 e. The van der Waals surface area contributed by atoms with Crippen LogP contribution in [-0.2, 0) is 9.59 Å². The van der Waals surface area contributed by atoms with Crippen LogP contribution in [0.1, 0.15) is 32.2 Å². The molecule has 0 aliphatic carbocycles. The molecule has 2 atom stereocenters. The van der Waals surface area contributed by atoms with Gasteiger partial charge in [0.15, 0.2) is 0 Å². The Morgan fingerprint density at radius 2 is 2.09 bits per heavy atom. The molecular formula is C26H33ClN6O2. The Morgan fingerprint density at radius 3 is 2.80 bits per heavy atom. The molecule has 2 amide bonds. The predicted octanol–water partition coefficient (Wildman–Crippen LogP) is 3.50. The van der Waals surface area contributed by atoms with Crippen LogP contribution in [0.25, 0.3) is 11.0 Å². The number of likely N-dealkylation sites (N-methyl/N-ethyl adjacent to an activating group) is 1. The van der Waals surface area contributed by atoms with Crippen molar-refractivity contribution in [3.05, 3.63) is 59.3 Å². The average Bonchev–Trinajstić information content (AvgIpc) is 3.02. The Morgan fingerprint density at radius 1 is 1.29 bits per heavy atom. The standard InChI is InChI=1S/C26H33ClN6O2/c1-18-16-19(25(28)35)12-15-32(18)26-29-22-10-6-9-21(27)24(22)33(26)20-8-4-5-14-31(17-20)23(34)11-7-13-30(2)3/h6-7,9-12,15-16,18,20H,4-5,8,13-14,17H2,1-3H3,(H2,28,35). The van der Waals surface area contributed by atoms with Crippen molar-refractivity contribution in [2.75, 3.05) is 38.6 Å². The summed E-state index contributed by atoms with van der Waals surface area (Å²) < 4.78 is 2.18. The van der Waals surface area contributed by atoms with Gasteiger partial charge in [0.25, 0.3) is 0 Å². The van der Waals surface area contributed by atoms with Gasteiger partial charge in [-0.05, 0) is 64.6 Å². The number of aromatic nitrogens is 2. The molecule has 2 aliphatic rings. The molecule has 1 aromatic carbocycles. The van der Waals surface area contributed by atoms with Gasteiger partial charge in [-0.1, -0.05) is 23.7 Å². The van der Waals surface area contributed by atoms with Crippen molar-refractivity contribution in [1.29, 1.82) is 0 Å². The van der Waals surface area contributed by atoms with Crippen molar-refractivity contribution >= 4 is 40.4 Å². The van der Waals surface area contributed by atoms with E-state index >= 15 is 0 Å². The van der Waals surface area contributed by atoms with Crippen molar-refractivity contribution in [2.24, 2.45) is 5.73 Å². The van der Waals surface area contributed by atoms with Gasteiger partial charge < -0.3 is 25.0 Å².